The molecule has 0 aromatic carbocycles. The maximum atomic E-state index is 12.2. The fourth-order valence-corrected chi connectivity index (χ4v) is 3.40. The fourth-order valence-electron chi connectivity index (χ4n) is 1.96. The van der Waals surface area contributed by atoms with E-state index in [1.807, 2.05) is 0 Å². The maximum Gasteiger partial charge on any atom is 0.317 e. The molecule has 104 valence electrons. The number of aliphatic carboxylic acids is 1. The van der Waals surface area contributed by atoms with E-state index in [1.165, 1.54) is 11.3 Å². The molecule has 1 aliphatic heterocycles. The summed E-state index contributed by atoms with van der Waals surface area (Å²) < 4.78 is 0.876. The van der Waals surface area contributed by atoms with E-state index < -0.39 is 5.97 Å². The summed E-state index contributed by atoms with van der Waals surface area (Å²) in [5, 5.41) is 8.71. The first-order valence-corrected chi connectivity index (χ1v) is 7.23. The highest BCUT2D eigenvalue weighted by Gasteiger charge is 2.25. The van der Waals surface area contributed by atoms with Crippen LogP contribution in [-0.4, -0.2) is 59.5 Å². The van der Waals surface area contributed by atoms with E-state index in [-0.39, 0.29) is 12.5 Å². The molecule has 0 radical (unpaired) electrons. The number of hydrogen-bond donors (Lipinski definition) is 1. The summed E-state index contributed by atoms with van der Waals surface area (Å²) in [4.78, 5) is 26.3. The Labute approximate surface area is 124 Å². The van der Waals surface area contributed by atoms with Crippen LogP contribution in [0, 0.1) is 0 Å². The van der Waals surface area contributed by atoms with Crippen LogP contribution in [0.2, 0.25) is 8.67 Å². The topological polar surface area (TPSA) is 60.9 Å². The van der Waals surface area contributed by atoms with Crippen molar-refractivity contribution in [3.05, 3.63) is 20.3 Å². The Bertz CT molecular complexity index is 498. The second-order valence-corrected chi connectivity index (χ2v) is 6.49. The number of halogens is 2. The third-order valence-corrected chi connectivity index (χ3v) is 4.39. The van der Waals surface area contributed by atoms with Gasteiger partial charge in [0.15, 0.2) is 0 Å². The Morgan fingerprint density at radius 1 is 1.26 bits per heavy atom. The molecule has 0 saturated carbocycles. The van der Waals surface area contributed by atoms with Crippen molar-refractivity contribution >= 4 is 46.4 Å². The maximum absolute atomic E-state index is 12.2. The molecule has 2 heterocycles. The molecule has 19 heavy (non-hydrogen) atoms. The average Bonchev–Trinajstić information content (AvgIpc) is 2.68. The number of hydrogen-bond acceptors (Lipinski definition) is 4. The van der Waals surface area contributed by atoms with Gasteiger partial charge in [0.25, 0.3) is 5.91 Å². The molecule has 0 aliphatic carbocycles. The van der Waals surface area contributed by atoms with Gasteiger partial charge in [0.2, 0.25) is 0 Å². The van der Waals surface area contributed by atoms with Gasteiger partial charge in [-0.1, -0.05) is 23.2 Å². The lowest BCUT2D eigenvalue weighted by Crippen LogP contribution is -2.49. The molecule has 1 amide bonds. The van der Waals surface area contributed by atoms with E-state index in [1.54, 1.807) is 15.9 Å². The second kappa shape index (κ2) is 6.09. The largest absolute Gasteiger partial charge is 0.480 e. The predicted molar refractivity (Wildman–Crippen MR) is 74.3 cm³/mol. The Balaban J connectivity index is 1.96. The van der Waals surface area contributed by atoms with Gasteiger partial charge in [0.05, 0.1) is 16.4 Å². The third-order valence-electron chi connectivity index (χ3n) is 2.91. The van der Waals surface area contributed by atoms with Crippen molar-refractivity contribution in [2.45, 2.75) is 0 Å². The molecular formula is C11H12Cl2N2O3S. The summed E-state index contributed by atoms with van der Waals surface area (Å²) in [7, 11) is 0. The molecule has 0 spiro atoms. The zero-order chi connectivity index (χ0) is 14.0. The summed E-state index contributed by atoms with van der Waals surface area (Å²) in [5.74, 6) is -1.00. The molecular weight excluding hydrogens is 311 g/mol. The van der Waals surface area contributed by atoms with Gasteiger partial charge < -0.3 is 10.0 Å². The molecule has 1 aliphatic rings. The van der Waals surface area contributed by atoms with Crippen LogP contribution in [0.5, 0.6) is 0 Å². The lowest BCUT2D eigenvalue weighted by atomic mass is 10.2. The molecule has 2 rings (SSSR count). The number of thiophene rings is 1. The van der Waals surface area contributed by atoms with Crippen molar-refractivity contribution in [1.29, 1.82) is 0 Å². The van der Waals surface area contributed by atoms with Gasteiger partial charge in [0, 0.05) is 26.2 Å². The number of piperazine rings is 1. The van der Waals surface area contributed by atoms with Gasteiger partial charge in [-0.05, 0) is 6.07 Å². The minimum absolute atomic E-state index is 0.00701. The van der Waals surface area contributed by atoms with Gasteiger partial charge >= 0.3 is 5.97 Å². The standard InChI is InChI=1S/C11H12Cl2N2O3S/c12-8-5-7(10(13)19-8)11(18)15-3-1-14(2-4-15)6-9(16)17/h5H,1-4,6H2,(H,16,17). The highest BCUT2D eigenvalue weighted by atomic mass is 35.5. The zero-order valence-corrected chi connectivity index (χ0v) is 12.3. The van der Waals surface area contributed by atoms with Crippen LogP contribution in [0.25, 0.3) is 0 Å². The van der Waals surface area contributed by atoms with E-state index in [0.29, 0.717) is 40.4 Å². The highest BCUT2D eigenvalue weighted by Crippen LogP contribution is 2.32. The van der Waals surface area contributed by atoms with Crippen LogP contribution >= 0.6 is 34.5 Å². The molecule has 5 nitrogen and oxygen atoms in total. The number of nitrogens with zero attached hydrogens (tertiary/aromatic N) is 2. The van der Waals surface area contributed by atoms with Crippen LogP contribution in [0.3, 0.4) is 0 Å². The summed E-state index contributed by atoms with van der Waals surface area (Å²) in [6.45, 7) is 2.10. The third kappa shape index (κ3) is 3.60. The normalized spacial score (nSPS) is 16.6. The minimum atomic E-state index is -0.854. The van der Waals surface area contributed by atoms with Crippen molar-refractivity contribution in [2.24, 2.45) is 0 Å². The highest BCUT2D eigenvalue weighted by molar-refractivity contribution is 7.20. The van der Waals surface area contributed by atoms with E-state index in [2.05, 4.69) is 0 Å². The minimum Gasteiger partial charge on any atom is -0.480 e. The first kappa shape index (κ1) is 14.6. The lowest BCUT2D eigenvalue weighted by molar-refractivity contribution is -0.138. The van der Waals surface area contributed by atoms with Crippen LogP contribution in [0.4, 0.5) is 0 Å². The van der Waals surface area contributed by atoms with Crippen molar-refractivity contribution in [1.82, 2.24) is 9.80 Å². The van der Waals surface area contributed by atoms with Crippen molar-refractivity contribution in [3.8, 4) is 0 Å². The summed E-state index contributed by atoms with van der Waals surface area (Å²) in [5.41, 5.74) is 0.420. The molecule has 8 heteroatoms. The van der Waals surface area contributed by atoms with Crippen molar-refractivity contribution < 1.29 is 14.7 Å². The van der Waals surface area contributed by atoms with Gasteiger partial charge in [0.1, 0.15) is 4.34 Å². The van der Waals surface area contributed by atoms with Crippen molar-refractivity contribution in [3.63, 3.8) is 0 Å². The smallest absolute Gasteiger partial charge is 0.317 e. The Morgan fingerprint density at radius 3 is 2.37 bits per heavy atom. The van der Waals surface area contributed by atoms with Gasteiger partial charge in [-0.15, -0.1) is 11.3 Å². The molecule has 1 N–H and O–H groups in total. The quantitative estimate of drug-likeness (QED) is 0.923. The molecule has 1 fully saturated rings. The first-order valence-electron chi connectivity index (χ1n) is 5.65. The molecule has 1 aromatic rings. The zero-order valence-electron chi connectivity index (χ0n) is 9.94. The summed E-state index contributed by atoms with van der Waals surface area (Å²) in [6.07, 6.45) is 0. The van der Waals surface area contributed by atoms with Crippen LogP contribution in [0.15, 0.2) is 6.07 Å². The van der Waals surface area contributed by atoms with Gasteiger partial charge in [-0.25, -0.2) is 0 Å². The first-order chi connectivity index (χ1) is 8.97. The number of amides is 1. The van der Waals surface area contributed by atoms with E-state index in [0.717, 1.165) is 0 Å². The van der Waals surface area contributed by atoms with Gasteiger partial charge in [-0.3, -0.25) is 14.5 Å². The average molecular weight is 323 g/mol. The fraction of sp³-hybridized carbons (Fsp3) is 0.455. The summed E-state index contributed by atoms with van der Waals surface area (Å²) >= 11 is 12.9. The van der Waals surface area contributed by atoms with E-state index in [4.69, 9.17) is 28.3 Å². The number of carbonyl (C=O) groups excluding carboxylic acids is 1. The molecule has 1 saturated heterocycles. The Kier molecular flexibility index (Phi) is 4.67. The predicted octanol–water partition coefficient (Wildman–Crippen LogP) is 1.90. The van der Waals surface area contributed by atoms with Crippen LogP contribution < -0.4 is 0 Å². The summed E-state index contributed by atoms with van der Waals surface area (Å²) in [6, 6.07) is 1.57. The van der Waals surface area contributed by atoms with E-state index >= 15 is 0 Å². The number of carboxylic acids is 1. The SMILES string of the molecule is O=C(O)CN1CCN(C(=O)c2cc(Cl)sc2Cl)CC1. The number of rotatable bonds is 3. The Hall–Kier alpha value is -0.820. The van der Waals surface area contributed by atoms with Gasteiger partial charge in [-0.2, -0.15) is 0 Å². The number of carboxylic acid groups (broad SMARTS) is 1. The van der Waals surface area contributed by atoms with Crippen molar-refractivity contribution in [2.75, 3.05) is 32.7 Å². The number of carbonyl (C=O) groups is 2. The molecule has 0 bridgehead atoms. The van der Waals surface area contributed by atoms with E-state index in [9.17, 15) is 9.59 Å². The Morgan fingerprint density at radius 2 is 1.89 bits per heavy atom. The lowest BCUT2D eigenvalue weighted by Gasteiger charge is -2.33. The second-order valence-electron chi connectivity index (χ2n) is 4.20. The molecule has 1 aromatic heterocycles. The monoisotopic (exact) mass is 322 g/mol. The molecule has 0 unspecified atom stereocenters. The molecule has 0 atom stereocenters. The van der Waals surface area contributed by atoms with Crippen LogP contribution in [-0.2, 0) is 4.79 Å². The van der Waals surface area contributed by atoms with Crippen LogP contribution in [0.1, 0.15) is 10.4 Å².